The van der Waals surface area contributed by atoms with E-state index in [1.54, 1.807) is 35.1 Å². The van der Waals surface area contributed by atoms with Crippen LogP contribution in [-0.4, -0.2) is 92.0 Å². The van der Waals surface area contributed by atoms with Crippen LogP contribution < -0.4 is 9.47 Å². The number of unbranched alkanes of at least 4 members (excludes halogenated alkanes) is 3. The van der Waals surface area contributed by atoms with Crippen molar-refractivity contribution >= 4 is 62.5 Å². The Kier molecular flexibility index (Phi) is 13.2. The fourth-order valence-corrected chi connectivity index (χ4v) is 12.0. The number of halogens is 1. The molecule has 0 aliphatic carbocycles. The van der Waals surface area contributed by atoms with Crippen molar-refractivity contribution < 1.29 is 52.8 Å². The molecule has 5 saturated heterocycles. The van der Waals surface area contributed by atoms with E-state index in [0.29, 0.717) is 53.5 Å². The Labute approximate surface area is 339 Å². The molecule has 302 valence electrons. The lowest BCUT2D eigenvalue weighted by Gasteiger charge is -2.58. The molecule has 7 heterocycles. The van der Waals surface area contributed by atoms with Gasteiger partial charge in [0, 0.05) is 38.7 Å². The number of methoxy groups -OCH3 is 1. The van der Waals surface area contributed by atoms with Gasteiger partial charge in [-0.05, 0) is 48.3 Å². The number of benzene rings is 1. The van der Waals surface area contributed by atoms with Crippen LogP contribution in [0.5, 0.6) is 11.5 Å². The van der Waals surface area contributed by atoms with E-state index in [1.807, 2.05) is 19.9 Å². The number of piperazine rings is 1. The van der Waals surface area contributed by atoms with Crippen molar-refractivity contribution in [3.63, 3.8) is 0 Å². The summed E-state index contributed by atoms with van der Waals surface area (Å²) in [5.74, 6) is 0.151. The van der Waals surface area contributed by atoms with Gasteiger partial charge in [0.25, 0.3) is 11.8 Å². The van der Waals surface area contributed by atoms with E-state index in [2.05, 4.69) is 0 Å². The molecule has 0 saturated carbocycles. The number of ether oxygens (including phenoxy) is 5. The van der Waals surface area contributed by atoms with E-state index in [0.717, 1.165) is 25.7 Å². The second-order valence-electron chi connectivity index (χ2n) is 14.2. The van der Waals surface area contributed by atoms with Crippen LogP contribution in [0.4, 0.5) is 0 Å². The summed E-state index contributed by atoms with van der Waals surface area (Å²) in [4.78, 5) is 64.2. The third kappa shape index (κ3) is 7.84. The molecule has 0 radical (unpaired) electrons. The fraction of sp³-hybridized carbons (Fsp3) is 0.525. The first-order valence-electron chi connectivity index (χ1n) is 18.9. The minimum Gasteiger partial charge on any atom is -0.497 e. The molecule has 1 N–H and O–H groups in total. The van der Waals surface area contributed by atoms with Crippen LogP contribution in [-0.2, 0) is 38.2 Å². The third-order valence-electron chi connectivity index (χ3n) is 10.7. The molecule has 7 aliphatic rings. The number of carbonyl (C=O) groups is 5. The number of carbonyl (C=O) groups excluding carboxylic acids is 5. The van der Waals surface area contributed by atoms with Gasteiger partial charge in [-0.15, -0.1) is 0 Å². The highest BCUT2D eigenvalue weighted by molar-refractivity contribution is 8.78. The van der Waals surface area contributed by atoms with Crippen LogP contribution in [0.25, 0.3) is 0 Å². The normalized spacial score (nSPS) is 27.9. The summed E-state index contributed by atoms with van der Waals surface area (Å²) < 4.78 is 27.0. The van der Waals surface area contributed by atoms with Gasteiger partial charge in [0.2, 0.25) is 0 Å². The summed E-state index contributed by atoms with van der Waals surface area (Å²) in [6.45, 7) is 5.54. The molecule has 2 amide bonds. The number of rotatable bonds is 14. The molecule has 6 atom stereocenters. The van der Waals surface area contributed by atoms with Crippen molar-refractivity contribution in [3.8, 4) is 11.5 Å². The number of amides is 2. The molecule has 1 aromatic carbocycles. The zero-order valence-corrected chi connectivity index (χ0v) is 34.2. The number of nitrogens with zero attached hydrogens (tertiary/aromatic N) is 2. The van der Waals surface area contributed by atoms with Crippen LogP contribution in [0.3, 0.4) is 0 Å². The molecule has 2 bridgehead atoms. The largest absolute Gasteiger partial charge is 0.497 e. The van der Waals surface area contributed by atoms with E-state index in [1.165, 1.54) is 59.6 Å². The van der Waals surface area contributed by atoms with Crippen molar-refractivity contribution in [2.45, 2.75) is 113 Å². The Morgan fingerprint density at radius 1 is 0.911 bits per heavy atom. The van der Waals surface area contributed by atoms with Gasteiger partial charge < -0.3 is 38.6 Å². The maximum Gasteiger partial charge on any atom is 0.303 e. The lowest BCUT2D eigenvalue weighted by molar-refractivity contribution is -0.170. The topological polar surface area (TPSA) is 158 Å². The highest BCUT2D eigenvalue weighted by atomic mass is 35.5. The standard InChI is InChI=1S/C20H29ClO4.C20H18N2O7S2/c1-4-18(22)16(19(23)5-2)10-8-6-7-9-13-25-20-12-11-15(24-3)14-17(20)21;1-10(23)29-14-3-5-28-9-12-7-20-17(25)21-15-11(8-27-4-2-13(15)24)6-19(21,30-31-20)18(26)22(20)16(12)14/h11-12,14,16H,4-10,13H2,1-3H3;2-5,8-9,13-16,24H,6-7H2,1H3. The van der Waals surface area contributed by atoms with E-state index in [9.17, 15) is 29.1 Å². The average Bonchev–Trinajstić information content (AvgIpc) is 3.57. The molecular weight excluding hydrogens is 784 g/mol. The number of aliphatic hydroxyl groups excluding tert-OH is 1. The van der Waals surface area contributed by atoms with Gasteiger partial charge in [0.05, 0.1) is 67.9 Å². The summed E-state index contributed by atoms with van der Waals surface area (Å²) in [5.41, 5.74) is 1.41. The van der Waals surface area contributed by atoms with Crippen LogP contribution in [0.2, 0.25) is 5.02 Å². The van der Waals surface area contributed by atoms with E-state index in [4.69, 9.17) is 35.3 Å². The lowest BCUT2D eigenvalue weighted by atomic mass is 9.90. The molecule has 5 fully saturated rings. The Bertz CT molecular complexity index is 1830. The number of fused-ring (bicyclic) bond motifs is 3. The first kappa shape index (κ1) is 41.7. The smallest absolute Gasteiger partial charge is 0.303 e. The SMILES string of the molecule is CC(=O)OC1C=COC=C2CC34SSC5(CC6=COC=CC(O)C6N5C3=O)C(=O)N4C21.CCC(=O)C(CCCCCCOc1ccc(OC)cc1Cl)C(=O)CC. The van der Waals surface area contributed by atoms with E-state index in [-0.39, 0.29) is 36.2 Å². The van der Waals surface area contributed by atoms with Crippen molar-refractivity contribution in [2.75, 3.05) is 13.7 Å². The number of aliphatic hydroxyl groups is 1. The number of Topliss-reactive ketones (excluding diaryl/α,β-unsaturated/α-hetero) is 2. The van der Waals surface area contributed by atoms with Gasteiger partial charge in [-0.1, -0.05) is 66.3 Å². The second-order valence-corrected chi connectivity index (χ2v) is 17.3. The number of hydrogen-bond acceptors (Lipinski definition) is 13. The Hall–Kier alpha value is -3.92. The average molecular weight is 831 g/mol. The number of ketones is 2. The summed E-state index contributed by atoms with van der Waals surface area (Å²) in [5, 5.41) is 11.2. The first-order valence-corrected chi connectivity index (χ1v) is 21.4. The third-order valence-corrected chi connectivity index (χ3v) is 14.6. The predicted molar refractivity (Wildman–Crippen MR) is 210 cm³/mol. The van der Waals surface area contributed by atoms with Gasteiger partial charge in [-0.3, -0.25) is 24.0 Å². The molecule has 2 spiro atoms. The van der Waals surface area contributed by atoms with E-state index >= 15 is 0 Å². The van der Waals surface area contributed by atoms with Crippen LogP contribution in [0.15, 0.2) is 66.5 Å². The lowest BCUT2D eigenvalue weighted by Crippen LogP contribution is -2.77. The molecule has 8 rings (SSSR count). The van der Waals surface area contributed by atoms with Crippen LogP contribution in [0.1, 0.15) is 78.6 Å². The Balaban J connectivity index is 0.000000196. The maximum atomic E-state index is 14.0. The minimum atomic E-state index is -1.20. The molecule has 7 aliphatic heterocycles. The van der Waals surface area contributed by atoms with Gasteiger partial charge in [-0.25, -0.2) is 0 Å². The molecular formula is C40H47ClN2O11S2. The molecule has 16 heteroatoms. The summed E-state index contributed by atoms with van der Waals surface area (Å²) in [6.07, 6.45) is 13.0. The molecule has 1 aromatic rings. The van der Waals surface area contributed by atoms with Crippen LogP contribution >= 0.6 is 33.2 Å². The highest BCUT2D eigenvalue weighted by Gasteiger charge is 2.77. The van der Waals surface area contributed by atoms with Crippen molar-refractivity contribution in [3.05, 3.63) is 71.6 Å². The molecule has 6 unspecified atom stereocenters. The van der Waals surface area contributed by atoms with Crippen molar-refractivity contribution in [2.24, 2.45) is 5.92 Å². The predicted octanol–water partition coefficient (Wildman–Crippen LogP) is 6.39. The van der Waals surface area contributed by atoms with E-state index < -0.39 is 45.9 Å². The van der Waals surface area contributed by atoms with Gasteiger partial charge in [-0.2, -0.15) is 0 Å². The monoisotopic (exact) mass is 830 g/mol. The Morgan fingerprint density at radius 3 is 2.09 bits per heavy atom. The quantitative estimate of drug-likeness (QED) is 0.0953. The summed E-state index contributed by atoms with van der Waals surface area (Å²) in [7, 11) is 4.31. The van der Waals surface area contributed by atoms with Gasteiger partial charge in [0.1, 0.15) is 29.2 Å². The van der Waals surface area contributed by atoms with Crippen LogP contribution in [0, 0.1) is 5.92 Å². The number of esters is 1. The summed E-state index contributed by atoms with van der Waals surface area (Å²) >= 11 is 6.12. The molecule has 56 heavy (non-hydrogen) atoms. The maximum absolute atomic E-state index is 14.0. The summed E-state index contributed by atoms with van der Waals surface area (Å²) in [6, 6.07) is 4.05. The Morgan fingerprint density at radius 2 is 1.50 bits per heavy atom. The zero-order valence-electron chi connectivity index (χ0n) is 31.8. The highest BCUT2D eigenvalue weighted by Crippen LogP contribution is 2.69. The second kappa shape index (κ2) is 17.7. The van der Waals surface area contributed by atoms with Crippen molar-refractivity contribution in [1.29, 1.82) is 0 Å². The zero-order chi connectivity index (χ0) is 40.2. The molecule has 0 aromatic heterocycles. The fourth-order valence-electron chi connectivity index (χ4n) is 8.04. The van der Waals surface area contributed by atoms with Gasteiger partial charge in [0.15, 0.2) is 9.74 Å². The number of hydrogen-bond donors (Lipinski definition) is 1. The first-order chi connectivity index (χ1) is 26.9. The van der Waals surface area contributed by atoms with Gasteiger partial charge >= 0.3 is 5.97 Å². The molecule has 13 nitrogen and oxygen atoms in total. The minimum absolute atomic E-state index is 0.0735. The van der Waals surface area contributed by atoms with Crippen molar-refractivity contribution in [1.82, 2.24) is 9.80 Å².